The van der Waals surface area contributed by atoms with Crippen LogP contribution in [0.3, 0.4) is 0 Å². The van der Waals surface area contributed by atoms with E-state index in [2.05, 4.69) is 24.2 Å². The van der Waals surface area contributed by atoms with E-state index in [0.29, 0.717) is 5.92 Å². The van der Waals surface area contributed by atoms with Crippen LogP contribution in [0.25, 0.3) is 0 Å². The lowest BCUT2D eigenvalue weighted by molar-refractivity contribution is 0.320. The van der Waals surface area contributed by atoms with Gasteiger partial charge < -0.3 is 5.21 Å². The molecule has 0 aliphatic carbocycles. The average molecular weight is 177 g/mol. The fourth-order valence-corrected chi connectivity index (χ4v) is 1.44. The number of oxime groups is 1. The third kappa shape index (κ3) is 2.90. The molecule has 0 bridgehead atoms. The summed E-state index contributed by atoms with van der Waals surface area (Å²) in [4.78, 5) is 0. The van der Waals surface area contributed by atoms with Crippen molar-refractivity contribution in [1.29, 1.82) is 0 Å². The highest BCUT2D eigenvalue weighted by Crippen LogP contribution is 2.21. The van der Waals surface area contributed by atoms with Crippen molar-refractivity contribution in [2.45, 2.75) is 25.7 Å². The van der Waals surface area contributed by atoms with Gasteiger partial charge in [0, 0.05) is 6.21 Å². The lowest BCUT2D eigenvalue weighted by atomic mass is 9.94. The number of benzene rings is 1. The van der Waals surface area contributed by atoms with Gasteiger partial charge in [-0.3, -0.25) is 0 Å². The van der Waals surface area contributed by atoms with Gasteiger partial charge in [0.05, 0.1) is 0 Å². The maximum absolute atomic E-state index is 8.33. The molecule has 13 heavy (non-hydrogen) atoms. The minimum Gasteiger partial charge on any atom is -0.411 e. The molecular weight excluding hydrogens is 162 g/mol. The molecular formula is C11H15NO. The lowest BCUT2D eigenvalue weighted by Crippen LogP contribution is -1.97. The summed E-state index contributed by atoms with van der Waals surface area (Å²) in [5.41, 5.74) is 1.31. The molecule has 1 N–H and O–H groups in total. The summed E-state index contributed by atoms with van der Waals surface area (Å²) < 4.78 is 0. The number of hydrogen-bond acceptors (Lipinski definition) is 2. The van der Waals surface area contributed by atoms with Gasteiger partial charge in [0.1, 0.15) is 0 Å². The first-order valence-electron chi connectivity index (χ1n) is 4.59. The van der Waals surface area contributed by atoms with Crippen LogP contribution >= 0.6 is 0 Å². The smallest absolute Gasteiger partial charge is 0.0442 e. The number of rotatable bonds is 4. The van der Waals surface area contributed by atoms with Crippen LogP contribution in [-0.2, 0) is 0 Å². The zero-order valence-corrected chi connectivity index (χ0v) is 7.85. The van der Waals surface area contributed by atoms with Crippen molar-refractivity contribution in [3.05, 3.63) is 35.9 Å². The summed E-state index contributed by atoms with van der Waals surface area (Å²) in [6, 6.07) is 10.3. The Morgan fingerprint density at radius 2 is 2.08 bits per heavy atom. The summed E-state index contributed by atoms with van der Waals surface area (Å²) in [5, 5.41) is 11.4. The molecule has 0 heterocycles. The summed E-state index contributed by atoms with van der Waals surface area (Å²) in [6.07, 6.45) is 3.42. The molecule has 0 radical (unpaired) electrons. The summed E-state index contributed by atoms with van der Waals surface area (Å²) in [7, 11) is 0. The Kier molecular flexibility index (Phi) is 4.03. The highest BCUT2D eigenvalue weighted by molar-refractivity contribution is 5.57. The van der Waals surface area contributed by atoms with E-state index in [1.807, 2.05) is 18.2 Å². The van der Waals surface area contributed by atoms with Crippen LogP contribution in [0.15, 0.2) is 35.5 Å². The Hall–Kier alpha value is -1.31. The van der Waals surface area contributed by atoms with E-state index in [0.717, 1.165) is 12.8 Å². The maximum atomic E-state index is 8.33. The maximum Gasteiger partial charge on any atom is 0.0442 e. The van der Waals surface area contributed by atoms with Crippen molar-refractivity contribution in [3.63, 3.8) is 0 Å². The van der Waals surface area contributed by atoms with Crippen molar-refractivity contribution < 1.29 is 5.21 Å². The van der Waals surface area contributed by atoms with Gasteiger partial charge in [0.15, 0.2) is 0 Å². The minimum atomic E-state index is 0.470. The zero-order valence-electron chi connectivity index (χ0n) is 7.85. The van der Waals surface area contributed by atoms with Crippen LogP contribution in [0, 0.1) is 0 Å². The van der Waals surface area contributed by atoms with Crippen molar-refractivity contribution >= 4 is 6.21 Å². The quantitative estimate of drug-likeness (QED) is 0.428. The fourth-order valence-electron chi connectivity index (χ4n) is 1.44. The summed E-state index contributed by atoms with van der Waals surface area (Å²) in [6.45, 7) is 2.14. The highest BCUT2D eigenvalue weighted by atomic mass is 16.4. The minimum absolute atomic E-state index is 0.470. The molecule has 0 spiro atoms. The standard InChI is InChI=1S/C11H15NO/c1-2-10(8-9-12-13)11-6-4-3-5-7-11/h3-7,9-10,13H,2,8H2,1H3/b12-9+. The van der Waals surface area contributed by atoms with Gasteiger partial charge in [-0.2, -0.15) is 0 Å². The van der Waals surface area contributed by atoms with Crippen molar-refractivity contribution in [1.82, 2.24) is 0 Å². The van der Waals surface area contributed by atoms with E-state index in [1.165, 1.54) is 5.56 Å². The van der Waals surface area contributed by atoms with Crippen LogP contribution in [-0.4, -0.2) is 11.4 Å². The third-order valence-electron chi connectivity index (χ3n) is 2.24. The first-order valence-corrected chi connectivity index (χ1v) is 4.59. The SMILES string of the molecule is CCC(C/C=N/O)c1ccccc1. The molecule has 1 atom stereocenters. The van der Waals surface area contributed by atoms with Gasteiger partial charge in [0.25, 0.3) is 0 Å². The number of hydrogen-bond donors (Lipinski definition) is 1. The monoisotopic (exact) mass is 177 g/mol. The second-order valence-electron chi connectivity index (χ2n) is 3.05. The first-order chi connectivity index (χ1) is 6.38. The van der Waals surface area contributed by atoms with E-state index < -0.39 is 0 Å². The molecule has 0 amide bonds. The Morgan fingerprint density at radius 1 is 1.38 bits per heavy atom. The number of nitrogens with zero attached hydrogens (tertiary/aromatic N) is 1. The Labute approximate surface area is 78.9 Å². The molecule has 1 aromatic carbocycles. The Balaban J connectivity index is 2.67. The van der Waals surface area contributed by atoms with Gasteiger partial charge in [-0.05, 0) is 24.3 Å². The van der Waals surface area contributed by atoms with E-state index in [-0.39, 0.29) is 0 Å². The average Bonchev–Trinajstić information content (AvgIpc) is 2.21. The fraction of sp³-hybridized carbons (Fsp3) is 0.364. The highest BCUT2D eigenvalue weighted by Gasteiger charge is 2.06. The van der Waals surface area contributed by atoms with Crippen molar-refractivity contribution in [2.24, 2.45) is 5.16 Å². The van der Waals surface area contributed by atoms with Crippen LogP contribution < -0.4 is 0 Å². The van der Waals surface area contributed by atoms with Crippen molar-refractivity contribution in [2.75, 3.05) is 0 Å². The molecule has 0 saturated heterocycles. The van der Waals surface area contributed by atoms with E-state index in [4.69, 9.17) is 5.21 Å². The van der Waals surface area contributed by atoms with Crippen LogP contribution in [0.1, 0.15) is 31.2 Å². The molecule has 1 rings (SSSR count). The second kappa shape index (κ2) is 5.36. The summed E-state index contributed by atoms with van der Waals surface area (Å²) >= 11 is 0. The molecule has 2 heteroatoms. The predicted octanol–water partition coefficient (Wildman–Crippen LogP) is 3.03. The Morgan fingerprint density at radius 3 is 2.62 bits per heavy atom. The van der Waals surface area contributed by atoms with Gasteiger partial charge in [-0.15, -0.1) is 5.16 Å². The third-order valence-corrected chi connectivity index (χ3v) is 2.24. The molecule has 0 fully saturated rings. The first kappa shape index (κ1) is 9.78. The Bertz CT molecular complexity index is 256. The van der Waals surface area contributed by atoms with Gasteiger partial charge in [-0.1, -0.05) is 37.3 Å². The molecule has 0 saturated carbocycles. The molecule has 0 aliphatic heterocycles. The van der Waals surface area contributed by atoms with Crippen LogP contribution in [0.5, 0.6) is 0 Å². The summed E-state index contributed by atoms with van der Waals surface area (Å²) in [5.74, 6) is 0.470. The normalized spacial score (nSPS) is 13.3. The predicted molar refractivity (Wildman–Crippen MR) is 54.4 cm³/mol. The molecule has 0 aromatic heterocycles. The van der Waals surface area contributed by atoms with E-state index >= 15 is 0 Å². The van der Waals surface area contributed by atoms with E-state index in [9.17, 15) is 0 Å². The van der Waals surface area contributed by atoms with Crippen LogP contribution in [0.2, 0.25) is 0 Å². The van der Waals surface area contributed by atoms with Gasteiger partial charge in [0.2, 0.25) is 0 Å². The largest absolute Gasteiger partial charge is 0.411 e. The topological polar surface area (TPSA) is 32.6 Å². The molecule has 1 aromatic rings. The van der Waals surface area contributed by atoms with E-state index in [1.54, 1.807) is 6.21 Å². The molecule has 1 unspecified atom stereocenters. The second-order valence-corrected chi connectivity index (χ2v) is 3.05. The molecule has 2 nitrogen and oxygen atoms in total. The van der Waals surface area contributed by atoms with Crippen LogP contribution in [0.4, 0.5) is 0 Å². The lowest BCUT2D eigenvalue weighted by Gasteiger charge is -2.11. The van der Waals surface area contributed by atoms with Gasteiger partial charge >= 0.3 is 0 Å². The molecule has 0 aliphatic rings. The molecule has 70 valence electrons. The van der Waals surface area contributed by atoms with Crippen molar-refractivity contribution in [3.8, 4) is 0 Å². The van der Waals surface area contributed by atoms with Gasteiger partial charge in [-0.25, -0.2) is 0 Å². The zero-order chi connectivity index (χ0) is 9.52.